The van der Waals surface area contributed by atoms with Crippen LogP contribution in [0.5, 0.6) is 17.2 Å². The predicted octanol–water partition coefficient (Wildman–Crippen LogP) is 4.27. The lowest BCUT2D eigenvalue weighted by Crippen LogP contribution is -2.54. The van der Waals surface area contributed by atoms with Crippen LogP contribution in [0.1, 0.15) is 43.6 Å². The molecule has 0 aromatic heterocycles. The maximum Gasteiger partial charge on any atom is 0.254 e. The molecule has 1 fully saturated rings. The Hall–Kier alpha value is -2.73. The topological polar surface area (TPSA) is 51.2 Å². The minimum atomic E-state index is 0.00418. The van der Waals surface area contributed by atoms with E-state index in [1.165, 1.54) is 5.56 Å². The van der Waals surface area contributed by atoms with E-state index < -0.39 is 0 Å². The van der Waals surface area contributed by atoms with Crippen molar-refractivity contribution in [3.05, 3.63) is 53.6 Å². The molecule has 1 aliphatic rings. The molecule has 6 nitrogen and oxygen atoms in total. The van der Waals surface area contributed by atoms with E-state index in [2.05, 4.69) is 36.1 Å². The van der Waals surface area contributed by atoms with Crippen LogP contribution in [-0.2, 0) is 6.42 Å². The van der Waals surface area contributed by atoms with Crippen LogP contribution in [0.3, 0.4) is 0 Å². The van der Waals surface area contributed by atoms with E-state index in [9.17, 15) is 4.79 Å². The van der Waals surface area contributed by atoms with E-state index in [4.69, 9.17) is 14.2 Å². The smallest absolute Gasteiger partial charge is 0.254 e. The summed E-state index contributed by atoms with van der Waals surface area (Å²) in [5, 5.41) is 0. The summed E-state index contributed by atoms with van der Waals surface area (Å²) in [5.74, 6) is 1.67. The maximum atomic E-state index is 13.4. The van der Waals surface area contributed by atoms with Gasteiger partial charge in [0.15, 0.2) is 11.5 Å². The van der Waals surface area contributed by atoms with Crippen LogP contribution in [0.25, 0.3) is 0 Å². The number of piperazine rings is 1. The third kappa shape index (κ3) is 5.94. The molecule has 1 amide bonds. The van der Waals surface area contributed by atoms with Gasteiger partial charge in [0.05, 0.1) is 19.8 Å². The highest BCUT2D eigenvalue weighted by atomic mass is 16.5. The highest BCUT2D eigenvalue weighted by Gasteiger charge is 2.28. The SMILES string of the molecule is CCOc1cc(C(=O)N2CCN(CCc3ccccc3)C(C)C2)cc(OCC)c1OCC. The van der Waals surface area contributed by atoms with E-state index in [1.54, 1.807) is 12.1 Å². The van der Waals surface area contributed by atoms with Gasteiger partial charge in [0.2, 0.25) is 5.75 Å². The summed E-state index contributed by atoms with van der Waals surface area (Å²) < 4.78 is 17.3. The number of rotatable bonds is 10. The summed E-state index contributed by atoms with van der Waals surface area (Å²) in [6.07, 6.45) is 1.02. The fourth-order valence-corrected chi connectivity index (χ4v) is 4.12. The zero-order valence-electron chi connectivity index (χ0n) is 19.8. The van der Waals surface area contributed by atoms with Crippen molar-refractivity contribution in [2.24, 2.45) is 0 Å². The molecule has 1 atom stereocenters. The van der Waals surface area contributed by atoms with Gasteiger partial charge in [0.1, 0.15) is 0 Å². The summed E-state index contributed by atoms with van der Waals surface area (Å²) in [7, 11) is 0. The Labute approximate surface area is 192 Å². The molecule has 2 aromatic carbocycles. The lowest BCUT2D eigenvalue weighted by molar-refractivity contribution is 0.0517. The Morgan fingerprint density at radius 3 is 2.12 bits per heavy atom. The van der Waals surface area contributed by atoms with E-state index in [0.717, 1.165) is 19.5 Å². The Balaban J connectivity index is 1.70. The molecule has 0 saturated carbocycles. The number of ether oxygens (including phenoxy) is 3. The third-order valence-electron chi connectivity index (χ3n) is 5.74. The van der Waals surface area contributed by atoms with Crippen LogP contribution in [0.15, 0.2) is 42.5 Å². The van der Waals surface area contributed by atoms with E-state index in [0.29, 0.717) is 61.8 Å². The van der Waals surface area contributed by atoms with Crippen LogP contribution in [-0.4, -0.2) is 67.7 Å². The van der Waals surface area contributed by atoms with Gasteiger partial charge in [-0.1, -0.05) is 30.3 Å². The van der Waals surface area contributed by atoms with Gasteiger partial charge in [-0.05, 0) is 51.8 Å². The molecule has 1 heterocycles. The van der Waals surface area contributed by atoms with Crippen molar-refractivity contribution >= 4 is 5.91 Å². The summed E-state index contributed by atoms with van der Waals surface area (Å²) in [6, 6.07) is 14.4. The first-order valence-electron chi connectivity index (χ1n) is 11.7. The van der Waals surface area contributed by atoms with Gasteiger partial charge >= 0.3 is 0 Å². The van der Waals surface area contributed by atoms with Crippen molar-refractivity contribution in [2.45, 2.75) is 40.2 Å². The van der Waals surface area contributed by atoms with Crippen molar-refractivity contribution < 1.29 is 19.0 Å². The average molecular weight is 441 g/mol. The van der Waals surface area contributed by atoms with Gasteiger partial charge in [-0.2, -0.15) is 0 Å². The normalized spacial score (nSPS) is 16.6. The van der Waals surface area contributed by atoms with Gasteiger partial charge in [0.25, 0.3) is 5.91 Å². The van der Waals surface area contributed by atoms with Crippen molar-refractivity contribution in [3.63, 3.8) is 0 Å². The second-order valence-electron chi connectivity index (χ2n) is 7.97. The molecule has 0 bridgehead atoms. The molecular formula is C26H36N2O4. The molecule has 1 unspecified atom stereocenters. The van der Waals surface area contributed by atoms with Crippen molar-refractivity contribution in [1.29, 1.82) is 0 Å². The molecule has 0 aliphatic carbocycles. The zero-order valence-corrected chi connectivity index (χ0v) is 19.8. The predicted molar refractivity (Wildman–Crippen MR) is 127 cm³/mol. The van der Waals surface area contributed by atoms with E-state index >= 15 is 0 Å². The molecular weight excluding hydrogens is 404 g/mol. The number of hydrogen-bond donors (Lipinski definition) is 0. The van der Waals surface area contributed by atoms with Crippen molar-refractivity contribution in [3.8, 4) is 17.2 Å². The number of hydrogen-bond acceptors (Lipinski definition) is 5. The minimum absolute atomic E-state index is 0.00418. The Morgan fingerprint density at radius 1 is 0.938 bits per heavy atom. The minimum Gasteiger partial charge on any atom is -0.490 e. The standard InChI is InChI=1S/C26H36N2O4/c1-5-30-23-17-22(18-24(31-6-2)25(23)32-7-3)26(29)28-16-15-27(20(4)19-28)14-13-21-11-9-8-10-12-21/h8-12,17-18,20H,5-7,13-16,19H2,1-4H3. The zero-order chi connectivity index (χ0) is 22.9. The van der Waals surface area contributed by atoms with Gasteiger partial charge < -0.3 is 19.1 Å². The quantitative estimate of drug-likeness (QED) is 0.552. The number of nitrogens with zero attached hydrogens (tertiary/aromatic N) is 2. The van der Waals surface area contributed by atoms with Gasteiger partial charge in [-0.15, -0.1) is 0 Å². The second-order valence-corrected chi connectivity index (χ2v) is 7.97. The second kappa shape index (κ2) is 11.8. The maximum absolute atomic E-state index is 13.4. The van der Waals surface area contributed by atoms with E-state index in [1.807, 2.05) is 31.7 Å². The molecule has 0 spiro atoms. The molecule has 0 N–H and O–H groups in total. The summed E-state index contributed by atoms with van der Waals surface area (Å²) in [4.78, 5) is 17.8. The van der Waals surface area contributed by atoms with Crippen LogP contribution >= 0.6 is 0 Å². The Kier molecular flexibility index (Phi) is 8.80. The summed E-state index contributed by atoms with van der Waals surface area (Å²) >= 11 is 0. The fourth-order valence-electron chi connectivity index (χ4n) is 4.12. The average Bonchev–Trinajstić information content (AvgIpc) is 2.80. The molecule has 1 saturated heterocycles. The monoisotopic (exact) mass is 440 g/mol. The van der Waals surface area contributed by atoms with E-state index in [-0.39, 0.29) is 5.91 Å². The van der Waals surface area contributed by atoms with Gasteiger partial charge in [-0.25, -0.2) is 0 Å². The molecule has 2 aromatic rings. The molecule has 3 rings (SSSR count). The largest absolute Gasteiger partial charge is 0.490 e. The third-order valence-corrected chi connectivity index (χ3v) is 5.74. The van der Waals surface area contributed by atoms with Crippen molar-refractivity contribution in [1.82, 2.24) is 9.80 Å². The molecule has 0 radical (unpaired) electrons. The number of benzene rings is 2. The van der Waals surface area contributed by atoms with Crippen LogP contribution in [0.4, 0.5) is 0 Å². The number of amides is 1. The highest BCUT2D eigenvalue weighted by molar-refractivity contribution is 5.95. The number of carbonyl (C=O) groups is 1. The first-order chi connectivity index (χ1) is 15.6. The Bertz CT molecular complexity index is 844. The lowest BCUT2D eigenvalue weighted by atomic mass is 10.1. The first-order valence-corrected chi connectivity index (χ1v) is 11.7. The van der Waals surface area contributed by atoms with Crippen LogP contribution in [0, 0.1) is 0 Å². The fraction of sp³-hybridized carbons (Fsp3) is 0.500. The van der Waals surface area contributed by atoms with Crippen LogP contribution < -0.4 is 14.2 Å². The highest BCUT2D eigenvalue weighted by Crippen LogP contribution is 2.39. The first kappa shape index (κ1) is 23.9. The molecule has 6 heteroatoms. The number of carbonyl (C=O) groups excluding carboxylic acids is 1. The summed E-state index contributed by atoms with van der Waals surface area (Å²) in [6.45, 7) is 12.7. The summed E-state index contributed by atoms with van der Waals surface area (Å²) in [5.41, 5.74) is 1.92. The Morgan fingerprint density at radius 2 is 1.56 bits per heavy atom. The molecule has 174 valence electrons. The molecule has 32 heavy (non-hydrogen) atoms. The molecule has 1 aliphatic heterocycles. The van der Waals surface area contributed by atoms with Crippen LogP contribution in [0.2, 0.25) is 0 Å². The van der Waals surface area contributed by atoms with Crippen molar-refractivity contribution in [2.75, 3.05) is 46.0 Å². The van der Waals surface area contributed by atoms with Gasteiger partial charge in [0, 0.05) is 37.8 Å². The lowest BCUT2D eigenvalue weighted by Gasteiger charge is -2.40. The van der Waals surface area contributed by atoms with Gasteiger partial charge in [-0.3, -0.25) is 9.69 Å².